The quantitative estimate of drug-likeness (QED) is 0.794. The van der Waals surface area contributed by atoms with Crippen LogP contribution in [-0.4, -0.2) is 12.6 Å². The molecule has 0 bridgehead atoms. The zero-order valence-corrected chi connectivity index (χ0v) is 12.8. The number of nitrogens with one attached hydrogen (secondary N) is 1. The molecule has 106 valence electrons. The van der Waals surface area contributed by atoms with Gasteiger partial charge in [-0.2, -0.15) is 0 Å². The van der Waals surface area contributed by atoms with Gasteiger partial charge < -0.3 is 10.1 Å². The average molecular weight is 282 g/mol. The van der Waals surface area contributed by atoms with E-state index in [0.717, 1.165) is 41.3 Å². The molecule has 0 atom stereocenters. The van der Waals surface area contributed by atoms with Gasteiger partial charge in [-0.05, 0) is 49.3 Å². The van der Waals surface area contributed by atoms with E-state index in [1.165, 1.54) is 12.8 Å². The highest BCUT2D eigenvalue weighted by atomic mass is 35.5. The van der Waals surface area contributed by atoms with Crippen molar-refractivity contribution in [3.05, 3.63) is 23.2 Å². The highest BCUT2D eigenvalue weighted by Gasteiger charge is 2.31. The standard InChI is InChI=1S/C16H24ClNO/c1-4-7-19-16-6-5-13(17)10-15(16)18-14-8-12(9-14)11(2)3/h5-6,10-12,14,18H,4,7-9H2,1-3H3. The minimum absolute atomic E-state index is 0.565. The highest BCUT2D eigenvalue weighted by molar-refractivity contribution is 6.30. The molecule has 1 saturated carbocycles. The molecular weight excluding hydrogens is 258 g/mol. The van der Waals surface area contributed by atoms with E-state index in [-0.39, 0.29) is 0 Å². The Hall–Kier alpha value is -0.890. The van der Waals surface area contributed by atoms with Crippen molar-refractivity contribution in [1.82, 2.24) is 0 Å². The summed E-state index contributed by atoms with van der Waals surface area (Å²) in [6, 6.07) is 6.37. The van der Waals surface area contributed by atoms with Crippen molar-refractivity contribution in [2.24, 2.45) is 11.8 Å². The van der Waals surface area contributed by atoms with Crippen molar-refractivity contribution in [2.75, 3.05) is 11.9 Å². The molecule has 0 aliphatic heterocycles. The van der Waals surface area contributed by atoms with Crippen LogP contribution in [0.2, 0.25) is 5.02 Å². The lowest BCUT2D eigenvalue weighted by molar-refractivity contribution is 0.211. The largest absolute Gasteiger partial charge is 0.491 e. The maximum Gasteiger partial charge on any atom is 0.142 e. The molecule has 0 aromatic heterocycles. The van der Waals surface area contributed by atoms with Crippen LogP contribution in [-0.2, 0) is 0 Å². The molecule has 19 heavy (non-hydrogen) atoms. The lowest BCUT2D eigenvalue weighted by atomic mass is 9.73. The monoisotopic (exact) mass is 281 g/mol. The first-order valence-electron chi connectivity index (χ1n) is 7.29. The van der Waals surface area contributed by atoms with Crippen molar-refractivity contribution in [2.45, 2.75) is 46.1 Å². The summed E-state index contributed by atoms with van der Waals surface area (Å²) < 4.78 is 5.76. The Kier molecular flexibility index (Phi) is 4.98. The topological polar surface area (TPSA) is 21.3 Å². The van der Waals surface area contributed by atoms with E-state index in [1.807, 2.05) is 18.2 Å². The molecule has 1 aliphatic rings. The van der Waals surface area contributed by atoms with Crippen molar-refractivity contribution in [1.29, 1.82) is 0 Å². The van der Waals surface area contributed by atoms with Crippen LogP contribution >= 0.6 is 11.6 Å². The first-order valence-corrected chi connectivity index (χ1v) is 7.66. The summed E-state index contributed by atoms with van der Waals surface area (Å²) in [7, 11) is 0. The molecular formula is C16H24ClNO. The van der Waals surface area contributed by atoms with Crippen LogP contribution in [0, 0.1) is 11.8 Å². The number of benzene rings is 1. The number of hydrogen-bond donors (Lipinski definition) is 1. The number of rotatable bonds is 6. The normalized spacial score (nSPS) is 22.2. The second kappa shape index (κ2) is 6.51. The smallest absolute Gasteiger partial charge is 0.142 e. The van der Waals surface area contributed by atoms with E-state index in [2.05, 4.69) is 26.1 Å². The van der Waals surface area contributed by atoms with Gasteiger partial charge in [0.25, 0.3) is 0 Å². The molecule has 0 amide bonds. The van der Waals surface area contributed by atoms with Gasteiger partial charge in [0.2, 0.25) is 0 Å². The lowest BCUT2D eigenvalue weighted by Gasteiger charge is -2.39. The third kappa shape index (κ3) is 3.79. The minimum Gasteiger partial charge on any atom is -0.491 e. The van der Waals surface area contributed by atoms with Crippen molar-refractivity contribution in [3.63, 3.8) is 0 Å². The van der Waals surface area contributed by atoms with Gasteiger partial charge in [0, 0.05) is 11.1 Å². The van der Waals surface area contributed by atoms with E-state index in [9.17, 15) is 0 Å². The summed E-state index contributed by atoms with van der Waals surface area (Å²) in [4.78, 5) is 0. The van der Waals surface area contributed by atoms with Gasteiger partial charge in [-0.3, -0.25) is 0 Å². The Morgan fingerprint density at radius 3 is 2.74 bits per heavy atom. The van der Waals surface area contributed by atoms with Gasteiger partial charge >= 0.3 is 0 Å². The zero-order chi connectivity index (χ0) is 13.8. The number of anilines is 1. The van der Waals surface area contributed by atoms with Gasteiger partial charge in [0.15, 0.2) is 0 Å². The molecule has 1 aromatic carbocycles. The molecule has 1 aliphatic carbocycles. The minimum atomic E-state index is 0.565. The van der Waals surface area contributed by atoms with Crippen LogP contribution in [0.1, 0.15) is 40.0 Å². The van der Waals surface area contributed by atoms with E-state index < -0.39 is 0 Å². The molecule has 0 saturated heterocycles. The second-order valence-corrected chi connectivity index (χ2v) is 6.24. The van der Waals surface area contributed by atoms with Crippen LogP contribution < -0.4 is 10.1 Å². The first kappa shape index (κ1) is 14.5. The molecule has 0 spiro atoms. The van der Waals surface area contributed by atoms with Crippen LogP contribution in [0.25, 0.3) is 0 Å². The van der Waals surface area contributed by atoms with Crippen molar-refractivity contribution >= 4 is 17.3 Å². The molecule has 0 unspecified atom stereocenters. The molecule has 0 heterocycles. The van der Waals surface area contributed by atoms with Gasteiger partial charge in [-0.15, -0.1) is 0 Å². The summed E-state index contributed by atoms with van der Waals surface area (Å²) in [5.41, 5.74) is 1.04. The fourth-order valence-electron chi connectivity index (χ4n) is 2.50. The maximum atomic E-state index is 6.08. The molecule has 1 fully saturated rings. The van der Waals surface area contributed by atoms with Gasteiger partial charge in [0.05, 0.1) is 12.3 Å². The van der Waals surface area contributed by atoms with Gasteiger partial charge in [-0.1, -0.05) is 32.4 Å². The fraction of sp³-hybridized carbons (Fsp3) is 0.625. The number of halogens is 1. The lowest BCUT2D eigenvalue weighted by Crippen LogP contribution is -2.38. The third-order valence-corrected chi connectivity index (χ3v) is 4.12. The van der Waals surface area contributed by atoms with Gasteiger partial charge in [-0.25, -0.2) is 0 Å². The summed E-state index contributed by atoms with van der Waals surface area (Å²) in [6.07, 6.45) is 3.51. The molecule has 2 nitrogen and oxygen atoms in total. The average Bonchev–Trinajstić information content (AvgIpc) is 2.31. The molecule has 1 aromatic rings. The third-order valence-electron chi connectivity index (χ3n) is 3.88. The molecule has 3 heteroatoms. The first-order chi connectivity index (χ1) is 9.10. The summed E-state index contributed by atoms with van der Waals surface area (Å²) >= 11 is 6.08. The Morgan fingerprint density at radius 1 is 1.37 bits per heavy atom. The number of hydrogen-bond acceptors (Lipinski definition) is 2. The summed E-state index contributed by atoms with van der Waals surface area (Å²) in [5.74, 6) is 2.56. The summed E-state index contributed by atoms with van der Waals surface area (Å²) in [5, 5.41) is 4.33. The Labute approximate surface area is 121 Å². The fourth-order valence-corrected chi connectivity index (χ4v) is 2.67. The van der Waals surface area contributed by atoms with Crippen LogP contribution in [0.5, 0.6) is 5.75 Å². The Bertz CT molecular complexity index is 413. The van der Waals surface area contributed by atoms with Crippen molar-refractivity contribution in [3.8, 4) is 5.75 Å². The zero-order valence-electron chi connectivity index (χ0n) is 12.1. The van der Waals surface area contributed by atoms with Crippen LogP contribution in [0.4, 0.5) is 5.69 Å². The molecule has 2 rings (SSSR count). The predicted molar refractivity (Wildman–Crippen MR) is 82.2 cm³/mol. The highest BCUT2D eigenvalue weighted by Crippen LogP contribution is 2.38. The predicted octanol–water partition coefficient (Wildman–Crippen LogP) is 4.98. The SMILES string of the molecule is CCCOc1ccc(Cl)cc1NC1CC(C(C)C)C1. The maximum absolute atomic E-state index is 6.08. The van der Waals surface area contributed by atoms with E-state index >= 15 is 0 Å². The van der Waals surface area contributed by atoms with Gasteiger partial charge in [0.1, 0.15) is 5.75 Å². The van der Waals surface area contributed by atoms with E-state index in [0.29, 0.717) is 6.04 Å². The number of ether oxygens (including phenoxy) is 1. The van der Waals surface area contributed by atoms with Crippen molar-refractivity contribution < 1.29 is 4.74 Å². The van der Waals surface area contributed by atoms with Crippen LogP contribution in [0.15, 0.2) is 18.2 Å². The van der Waals surface area contributed by atoms with E-state index in [1.54, 1.807) is 0 Å². The Morgan fingerprint density at radius 2 is 2.11 bits per heavy atom. The second-order valence-electron chi connectivity index (χ2n) is 5.81. The molecule has 1 N–H and O–H groups in total. The Balaban J connectivity index is 1.97. The van der Waals surface area contributed by atoms with Crippen LogP contribution in [0.3, 0.4) is 0 Å². The molecule has 0 radical (unpaired) electrons. The summed E-state index contributed by atoms with van der Waals surface area (Å²) in [6.45, 7) is 7.46. The van der Waals surface area contributed by atoms with E-state index in [4.69, 9.17) is 16.3 Å².